The second-order valence-electron chi connectivity index (χ2n) is 12.1. The summed E-state index contributed by atoms with van der Waals surface area (Å²) in [6, 6.07) is 13.2. The highest BCUT2D eigenvalue weighted by atomic mass is 16.3. The van der Waals surface area contributed by atoms with Crippen molar-refractivity contribution in [3.05, 3.63) is 153 Å². The molecule has 0 saturated carbocycles. The minimum atomic E-state index is -0.0886. The van der Waals surface area contributed by atoms with Crippen LogP contribution in [0, 0.1) is 41.5 Å². The van der Waals surface area contributed by atoms with Crippen molar-refractivity contribution in [3.63, 3.8) is 0 Å². The second kappa shape index (κ2) is 12.2. The highest BCUT2D eigenvalue weighted by Crippen LogP contribution is 2.29. The minimum absolute atomic E-state index is 0.00445. The molecule has 2 N–H and O–H groups in total. The lowest BCUT2D eigenvalue weighted by molar-refractivity contribution is 0.489. The van der Waals surface area contributed by atoms with Crippen molar-refractivity contribution in [2.45, 2.75) is 65.7 Å². The topological polar surface area (TPSA) is 49.6 Å². The zero-order valence-electron chi connectivity index (χ0n) is 26.0. The molecule has 4 unspecified atom stereocenters. The van der Waals surface area contributed by atoms with Gasteiger partial charge < -0.3 is 4.42 Å². The highest BCUT2D eigenvalue weighted by Gasteiger charge is 2.25. The lowest BCUT2D eigenvalue weighted by Gasteiger charge is -2.24. The van der Waals surface area contributed by atoms with Crippen LogP contribution in [-0.4, -0.2) is 30.4 Å². The van der Waals surface area contributed by atoms with Crippen LogP contribution in [0.15, 0.2) is 107 Å². The maximum Gasteiger partial charge on any atom is 0.133 e. The van der Waals surface area contributed by atoms with E-state index in [0.717, 1.165) is 22.0 Å². The van der Waals surface area contributed by atoms with Gasteiger partial charge >= 0.3 is 0 Å². The summed E-state index contributed by atoms with van der Waals surface area (Å²) >= 11 is 0. The number of fused-ring (bicyclic) bond motifs is 6. The van der Waals surface area contributed by atoms with Crippen molar-refractivity contribution < 1.29 is 4.42 Å². The Hall–Kier alpha value is -4.25. The van der Waals surface area contributed by atoms with E-state index >= 15 is 0 Å². The molecule has 6 bridgehead atoms. The molecule has 2 aromatic carbocycles. The van der Waals surface area contributed by atoms with Gasteiger partial charge in [0.25, 0.3) is 0 Å². The third-order valence-corrected chi connectivity index (χ3v) is 8.49. The van der Waals surface area contributed by atoms with Crippen LogP contribution in [0.5, 0.6) is 0 Å². The van der Waals surface area contributed by atoms with Crippen molar-refractivity contribution in [2.24, 2.45) is 4.99 Å². The van der Waals surface area contributed by atoms with E-state index in [-0.39, 0.29) is 24.2 Å². The molecule has 6 rings (SSSR count). The molecule has 4 heterocycles. The standard InChI is InChI=1S/C39H41N3O/c1-24-19-26(3)36(27(4)20-24)38-32-13-9-7-11-30(41-32)17-18-40-23-31-12-8-10-14-33(42-31)39(35-16-15-34(38)43-35)37-28(5)21-25(2)22-29(37)6/h7-23,30-33,41-42H,1-6H3/b18-17-,38-34?,39-35?,40-23?. The first-order chi connectivity index (χ1) is 20.8. The highest BCUT2D eigenvalue weighted by molar-refractivity contribution is 5.78. The first-order valence-electron chi connectivity index (χ1n) is 15.2. The van der Waals surface area contributed by atoms with E-state index in [4.69, 9.17) is 9.41 Å². The molecule has 0 radical (unpaired) electrons. The van der Waals surface area contributed by atoms with Gasteiger partial charge in [0.05, 0.1) is 18.1 Å². The van der Waals surface area contributed by atoms with Crippen molar-refractivity contribution in [1.82, 2.24) is 10.6 Å². The molecule has 3 aliphatic rings. The maximum absolute atomic E-state index is 7.02. The molecule has 0 saturated heterocycles. The fourth-order valence-electron chi connectivity index (χ4n) is 6.91. The number of nitrogens with one attached hydrogen (secondary N) is 2. The molecule has 218 valence electrons. The fourth-order valence-corrected chi connectivity index (χ4v) is 6.91. The zero-order valence-corrected chi connectivity index (χ0v) is 26.0. The van der Waals surface area contributed by atoms with Gasteiger partial charge in [-0.05, 0) is 93.1 Å². The van der Waals surface area contributed by atoms with Crippen LogP contribution in [0.25, 0.3) is 11.1 Å². The molecular formula is C39H41N3O. The summed E-state index contributed by atoms with van der Waals surface area (Å²) in [5, 5.41) is 7.67. The smallest absolute Gasteiger partial charge is 0.133 e. The molecule has 0 spiro atoms. The van der Waals surface area contributed by atoms with Crippen molar-refractivity contribution in [1.29, 1.82) is 0 Å². The predicted octanol–water partition coefficient (Wildman–Crippen LogP) is 6.03. The molecule has 0 aliphatic carbocycles. The van der Waals surface area contributed by atoms with E-state index in [0.29, 0.717) is 0 Å². The van der Waals surface area contributed by atoms with E-state index in [2.05, 4.69) is 143 Å². The number of nitrogens with zero attached hydrogens (tertiary/aromatic N) is 1. The Kier molecular flexibility index (Phi) is 8.16. The molecule has 3 aromatic rings. The molecule has 4 nitrogen and oxygen atoms in total. The number of aliphatic imine (C=N–C) groups is 1. The van der Waals surface area contributed by atoms with Crippen LogP contribution in [0.2, 0.25) is 0 Å². The molecule has 4 atom stereocenters. The van der Waals surface area contributed by atoms with Gasteiger partial charge in [0, 0.05) is 29.6 Å². The maximum atomic E-state index is 7.02. The van der Waals surface area contributed by atoms with Gasteiger partial charge in [-0.25, -0.2) is 0 Å². The minimum Gasteiger partial charge on any atom is -0.457 e. The summed E-state index contributed by atoms with van der Waals surface area (Å²) in [4.78, 5) is 4.72. The predicted molar refractivity (Wildman–Crippen MR) is 180 cm³/mol. The third-order valence-electron chi connectivity index (χ3n) is 8.49. The third kappa shape index (κ3) is 5.99. The monoisotopic (exact) mass is 567 g/mol. The summed E-state index contributed by atoms with van der Waals surface area (Å²) in [7, 11) is 0. The lowest BCUT2D eigenvalue weighted by Crippen LogP contribution is -2.39. The average Bonchev–Trinajstić information content (AvgIpc) is 3.13. The Morgan fingerprint density at radius 2 is 1.00 bits per heavy atom. The molecule has 4 heteroatoms. The van der Waals surface area contributed by atoms with Crippen LogP contribution in [0.1, 0.15) is 44.5 Å². The van der Waals surface area contributed by atoms with Crippen LogP contribution >= 0.6 is 0 Å². The number of rotatable bonds is 2. The van der Waals surface area contributed by atoms with Gasteiger partial charge in [-0.3, -0.25) is 15.6 Å². The van der Waals surface area contributed by atoms with Crippen molar-refractivity contribution in [2.75, 3.05) is 0 Å². The fraction of sp³-hybridized carbons (Fsp3) is 0.256. The molecule has 3 aliphatic heterocycles. The number of allylic oxidation sites excluding steroid dienone is 4. The van der Waals surface area contributed by atoms with Crippen LogP contribution in [0.3, 0.4) is 0 Å². The quantitative estimate of drug-likeness (QED) is 0.398. The number of hydrogen-bond donors (Lipinski definition) is 2. The van der Waals surface area contributed by atoms with Gasteiger partial charge in [0.1, 0.15) is 10.8 Å². The van der Waals surface area contributed by atoms with Crippen LogP contribution in [-0.2, 0) is 0 Å². The van der Waals surface area contributed by atoms with Gasteiger partial charge in [0.2, 0.25) is 0 Å². The summed E-state index contributed by atoms with van der Waals surface area (Å²) in [5.41, 5.74) is 13.9. The number of benzene rings is 2. The van der Waals surface area contributed by atoms with Gasteiger partial charge in [0.15, 0.2) is 0 Å². The van der Waals surface area contributed by atoms with E-state index < -0.39 is 0 Å². The van der Waals surface area contributed by atoms with Gasteiger partial charge in [-0.1, -0.05) is 84.0 Å². The van der Waals surface area contributed by atoms with Crippen molar-refractivity contribution >= 4 is 17.4 Å². The Balaban J connectivity index is 1.72. The number of hydrogen-bond acceptors (Lipinski definition) is 4. The summed E-state index contributed by atoms with van der Waals surface area (Å²) < 4.78 is 7.02. The van der Waals surface area contributed by atoms with E-state index in [1.54, 1.807) is 0 Å². The van der Waals surface area contributed by atoms with Crippen LogP contribution in [0.4, 0.5) is 0 Å². The van der Waals surface area contributed by atoms with E-state index in [1.165, 1.54) is 44.5 Å². The lowest BCUT2D eigenvalue weighted by atomic mass is 9.89. The average molecular weight is 568 g/mol. The first-order valence-corrected chi connectivity index (χ1v) is 15.2. The number of aryl methyl sites for hydroxylation is 6. The Morgan fingerprint density at radius 3 is 1.51 bits per heavy atom. The Bertz CT molecular complexity index is 1680. The normalized spacial score (nSPS) is 24.0. The zero-order chi connectivity index (χ0) is 30.1. The van der Waals surface area contributed by atoms with Crippen LogP contribution < -0.4 is 21.5 Å². The SMILES string of the molecule is Cc1cc(C)c(C2=c3ccc(o3)=C(c3c(C)cc(C)cc3C)C3C=CC=CC(/C=C\N=CC4C=CC=CC2N4)N3)c(C)c1. The Morgan fingerprint density at radius 1 is 0.558 bits per heavy atom. The van der Waals surface area contributed by atoms with E-state index in [9.17, 15) is 0 Å². The first kappa shape index (κ1) is 28.9. The number of furan rings is 1. The molecule has 43 heavy (non-hydrogen) atoms. The van der Waals surface area contributed by atoms with Gasteiger partial charge in [-0.15, -0.1) is 0 Å². The molecule has 0 fully saturated rings. The second-order valence-corrected chi connectivity index (χ2v) is 12.1. The Labute approximate surface area is 255 Å². The molecular weight excluding hydrogens is 526 g/mol. The molecule has 0 amide bonds. The van der Waals surface area contributed by atoms with Gasteiger partial charge in [-0.2, -0.15) is 0 Å². The largest absolute Gasteiger partial charge is 0.457 e. The van der Waals surface area contributed by atoms with Crippen molar-refractivity contribution in [3.8, 4) is 0 Å². The summed E-state index contributed by atoms with van der Waals surface area (Å²) in [6.07, 6.45) is 23.2. The summed E-state index contributed by atoms with van der Waals surface area (Å²) in [6.45, 7) is 13.1. The van der Waals surface area contributed by atoms with E-state index in [1.807, 2.05) is 12.4 Å². The molecule has 1 aromatic heterocycles. The summed E-state index contributed by atoms with van der Waals surface area (Å²) in [5.74, 6) is 0.